The molecular formula is C26H18F3N5O. The molecule has 5 aromatic rings. The second-order valence-corrected chi connectivity index (χ2v) is 7.96. The van der Waals surface area contributed by atoms with Crippen LogP contribution in [0.1, 0.15) is 18.4 Å². The summed E-state index contributed by atoms with van der Waals surface area (Å²) >= 11 is 0. The van der Waals surface area contributed by atoms with E-state index in [0.29, 0.717) is 39.1 Å². The number of nitrogens with zero attached hydrogens (tertiary/aromatic N) is 3. The van der Waals surface area contributed by atoms with Crippen molar-refractivity contribution in [1.82, 2.24) is 19.9 Å². The third-order valence-electron chi connectivity index (χ3n) is 5.65. The Morgan fingerprint density at radius 2 is 1.71 bits per heavy atom. The number of fused-ring (bicyclic) bond motifs is 1. The van der Waals surface area contributed by atoms with Crippen LogP contribution in [0.3, 0.4) is 0 Å². The van der Waals surface area contributed by atoms with Crippen molar-refractivity contribution in [1.29, 1.82) is 0 Å². The highest BCUT2D eigenvalue weighted by molar-refractivity contribution is 6.01. The maximum absolute atomic E-state index is 14.0. The molecule has 1 aromatic carbocycles. The molecule has 1 atom stereocenters. The molecule has 0 aliphatic heterocycles. The van der Waals surface area contributed by atoms with Gasteiger partial charge in [0, 0.05) is 11.8 Å². The van der Waals surface area contributed by atoms with E-state index in [1.165, 1.54) is 36.5 Å². The summed E-state index contributed by atoms with van der Waals surface area (Å²) < 4.78 is 40.7. The Morgan fingerprint density at radius 1 is 0.943 bits per heavy atom. The van der Waals surface area contributed by atoms with Gasteiger partial charge in [-0.2, -0.15) is 4.39 Å². The molecule has 5 rings (SSSR count). The number of rotatable bonds is 5. The molecular weight excluding hydrogens is 455 g/mol. The molecule has 9 heteroatoms. The number of nitrogens with one attached hydrogen (secondary N) is 2. The maximum Gasteiger partial charge on any atom is 0.232 e. The molecule has 2 N–H and O–H groups in total. The van der Waals surface area contributed by atoms with Crippen LogP contribution in [-0.2, 0) is 4.79 Å². The zero-order valence-electron chi connectivity index (χ0n) is 18.4. The van der Waals surface area contributed by atoms with Crippen LogP contribution in [0.15, 0.2) is 73.1 Å². The van der Waals surface area contributed by atoms with Gasteiger partial charge in [0.1, 0.15) is 23.0 Å². The van der Waals surface area contributed by atoms with Crippen molar-refractivity contribution >= 4 is 22.8 Å². The Kier molecular flexibility index (Phi) is 5.74. The lowest BCUT2D eigenvalue weighted by molar-refractivity contribution is -0.117. The van der Waals surface area contributed by atoms with Gasteiger partial charge in [0.05, 0.1) is 34.6 Å². The van der Waals surface area contributed by atoms with Crippen LogP contribution in [0.4, 0.5) is 19.0 Å². The molecule has 1 amide bonds. The summed E-state index contributed by atoms with van der Waals surface area (Å²) in [5.74, 6) is -2.11. The third kappa shape index (κ3) is 4.48. The highest BCUT2D eigenvalue weighted by Gasteiger charge is 2.20. The number of aromatic nitrogens is 4. The Hall–Kier alpha value is -4.53. The normalized spacial score (nSPS) is 12.0. The number of carbonyl (C=O) groups excluding carboxylic acids is 1. The summed E-state index contributed by atoms with van der Waals surface area (Å²) in [7, 11) is 0. The van der Waals surface area contributed by atoms with Crippen LogP contribution >= 0.6 is 0 Å². The second kappa shape index (κ2) is 9.02. The van der Waals surface area contributed by atoms with Crippen LogP contribution in [0, 0.1) is 17.6 Å². The topological polar surface area (TPSA) is 83.6 Å². The molecule has 174 valence electrons. The van der Waals surface area contributed by atoms with Crippen LogP contribution in [0.25, 0.3) is 33.5 Å². The van der Waals surface area contributed by atoms with E-state index in [1.54, 1.807) is 37.3 Å². The third-order valence-corrected chi connectivity index (χ3v) is 5.65. The molecule has 0 unspecified atom stereocenters. The van der Waals surface area contributed by atoms with Gasteiger partial charge in [-0.1, -0.05) is 12.1 Å². The van der Waals surface area contributed by atoms with Gasteiger partial charge in [-0.3, -0.25) is 9.78 Å². The van der Waals surface area contributed by atoms with Crippen molar-refractivity contribution in [3.8, 4) is 22.5 Å². The fourth-order valence-electron chi connectivity index (χ4n) is 3.82. The molecule has 4 aromatic heterocycles. The minimum Gasteiger partial charge on any atom is -0.353 e. The van der Waals surface area contributed by atoms with E-state index in [4.69, 9.17) is 0 Å². The number of anilines is 1. The fourth-order valence-corrected chi connectivity index (χ4v) is 3.82. The molecule has 0 aliphatic carbocycles. The Morgan fingerprint density at radius 3 is 2.46 bits per heavy atom. The SMILES string of the molecule is C[C@H](C(=O)Nc1cc(-c2[nH]c3ccc(F)nc3c2-c2ccc(F)cn2)ccn1)c1ccc(F)cc1. The molecule has 0 saturated heterocycles. The molecule has 35 heavy (non-hydrogen) atoms. The fraction of sp³-hybridized carbons (Fsp3) is 0.0769. The summed E-state index contributed by atoms with van der Waals surface area (Å²) in [5.41, 5.74) is 3.64. The minimum absolute atomic E-state index is 0.289. The van der Waals surface area contributed by atoms with Gasteiger partial charge in [-0.25, -0.2) is 18.7 Å². The zero-order valence-corrected chi connectivity index (χ0v) is 18.4. The average Bonchev–Trinajstić information content (AvgIpc) is 3.23. The van der Waals surface area contributed by atoms with Crippen molar-refractivity contribution in [2.45, 2.75) is 12.8 Å². The smallest absolute Gasteiger partial charge is 0.232 e. The van der Waals surface area contributed by atoms with E-state index in [-0.39, 0.29) is 17.5 Å². The molecule has 0 bridgehead atoms. The van der Waals surface area contributed by atoms with Gasteiger partial charge in [0.2, 0.25) is 11.9 Å². The summed E-state index contributed by atoms with van der Waals surface area (Å²) in [5, 5.41) is 2.78. The molecule has 6 nitrogen and oxygen atoms in total. The number of benzene rings is 1. The van der Waals surface area contributed by atoms with E-state index < -0.39 is 17.7 Å². The van der Waals surface area contributed by atoms with Crippen molar-refractivity contribution in [2.75, 3.05) is 5.32 Å². The molecule has 0 aliphatic rings. The van der Waals surface area contributed by atoms with E-state index in [2.05, 4.69) is 25.3 Å². The van der Waals surface area contributed by atoms with Crippen LogP contribution < -0.4 is 5.32 Å². The first-order chi connectivity index (χ1) is 16.9. The van der Waals surface area contributed by atoms with Gasteiger partial charge in [-0.05, 0) is 61.0 Å². The summed E-state index contributed by atoms with van der Waals surface area (Å²) in [6.45, 7) is 1.71. The maximum atomic E-state index is 14.0. The number of hydrogen-bond acceptors (Lipinski definition) is 4. The highest BCUT2D eigenvalue weighted by atomic mass is 19.1. The quantitative estimate of drug-likeness (QED) is 0.314. The van der Waals surface area contributed by atoms with E-state index >= 15 is 0 Å². The molecule has 4 heterocycles. The average molecular weight is 473 g/mol. The van der Waals surface area contributed by atoms with Gasteiger partial charge < -0.3 is 10.3 Å². The first-order valence-corrected chi connectivity index (χ1v) is 10.7. The number of hydrogen-bond donors (Lipinski definition) is 2. The Labute approximate surface area is 197 Å². The number of amides is 1. The second-order valence-electron chi connectivity index (χ2n) is 7.96. The lowest BCUT2D eigenvalue weighted by Gasteiger charge is -2.13. The van der Waals surface area contributed by atoms with Crippen molar-refractivity contribution in [3.05, 3.63) is 96.2 Å². The lowest BCUT2D eigenvalue weighted by atomic mass is 10.0. The Balaban J connectivity index is 1.52. The molecule has 0 saturated carbocycles. The summed E-state index contributed by atoms with van der Waals surface area (Å²) in [6.07, 6.45) is 2.60. The Bertz CT molecular complexity index is 1530. The number of carbonyl (C=O) groups is 1. The molecule has 0 spiro atoms. The predicted octanol–water partition coefficient (Wildman–Crippen LogP) is 5.85. The van der Waals surface area contributed by atoms with Crippen molar-refractivity contribution < 1.29 is 18.0 Å². The largest absolute Gasteiger partial charge is 0.353 e. The van der Waals surface area contributed by atoms with Crippen LogP contribution in [0.5, 0.6) is 0 Å². The highest BCUT2D eigenvalue weighted by Crippen LogP contribution is 2.37. The summed E-state index contributed by atoms with van der Waals surface area (Å²) in [4.78, 5) is 28.4. The molecule has 0 fully saturated rings. The van der Waals surface area contributed by atoms with Gasteiger partial charge in [0.15, 0.2) is 0 Å². The zero-order chi connectivity index (χ0) is 24.5. The van der Waals surface area contributed by atoms with E-state index in [0.717, 1.165) is 6.20 Å². The number of pyridine rings is 3. The van der Waals surface area contributed by atoms with Gasteiger partial charge >= 0.3 is 0 Å². The van der Waals surface area contributed by atoms with Crippen LogP contribution in [-0.4, -0.2) is 25.8 Å². The van der Waals surface area contributed by atoms with E-state index in [9.17, 15) is 18.0 Å². The predicted molar refractivity (Wildman–Crippen MR) is 126 cm³/mol. The number of halogens is 3. The van der Waals surface area contributed by atoms with Gasteiger partial charge in [-0.15, -0.1) is 0 Å². The standard InChI is InChI=1S/C26H18F3N5O/c1-14(15-2-4-17(27)5-3-15)26(35)34-22-12-16(10-11-30-22)24-23(19-7-6-18(28)13-31-19)25-20(32-24)8-9-21(29)33-25/h2-14,32H,1H3,(H,30,34,35)/t14-/m0/s1. The minimum atomic E-state index is -0.663. The monoisotopic (exact) mass is 473 g/mol. The molecule has 0 radical (unpaired) electrons. The summed E-state index contributed by atoms with van der Waals surface area (Å²) in [6, 6.07) is 14.6. The van der Waals surface area contributed by atoms with Crippen molar-refractivity contribution in [3.63, 3.8) is 0 Å². The van der Waals surface area contributed by atoms with E-state index in [1.807, 2.05) is 0 Å². The van der Waals surface area contributed by atoms with Crippen molar-refractivity contribution in [2.24, 2.45) is 0 Å². The van der Waals surface area contributed by atoms with Gasteiger partial charge in [0.25, 0.3) is 0 Å². The number of aromatic amines is 1. The van der Waals surface area contributed by atoms with Crippen LogP contribution in [0.2, 0.25) is 0 Å². The first-order valence-electron chi connectivity index (χ1n) is 10.7. The lowest BCUT2D eigenvalue weighted by Crippen LogP contribution is -2.19. The number of H-pyrrole nitrogens is 1. The first kappa shape index (κ1) is 22.3.